The average Bonchev–Trinajstić information content (AvgIpc) is 2.94. The van der Waals surface area contributed by atoms with Crippen LogP contribution in [0.1, 0.15) is 0 Å². The van der Waals surface area contributed by atoms with Crippen molar-refractivity contribution in [3.63, 3.8) is 0 Å². The maximum Gasteiger partial charge on any atom is 0.433 e. The molecule has 2 aromatic rings. The summed E-state index contributed by atoms with van der Waals surface area (Å²) < 4.78 is 11.7. The summed E-state index contributed by atoms with van der Waals surface area (Å²) in [5, 5.41) is 18.1. The standard InChI is InChI=1S/C9H10N4O4/c1-16-5-4-12-6-10-11-9(12)7-2-3-8(17-7)13(14)15/h2-3,6H,4-5H2,1H3. The van der Waals surface area contributed by atoms with Crippen LogP contribution in [0.4, 0.5) is 5.88 Å². The zero-order chi connectivity index (χ0) is 12.3. The quantitative estimate of drug-likeness (QED) is 0.571. The van der Waals surface area contributed by atoms with E-state index >= 15 is 0 Å². The fourth-order valence-corrected chi connectivity index (χ4v) is 1.35. The minimum atomic E-state index is -0.598. The second-order valence-corrected chi connectivity index (χ2v) is 3.24. The Kier molecular flexibility index (Phi) is 3.15. The number of hydrogen-bond donors (Lipinski definition) is 0. The predicted molar refractivity (Wildman–Crippen MR) is 56.3 cm³/mol. The van der Waals surface area contributed by atoms with Gasteiger partial charge in [0.15, 0.2) is 11.6 Å². The molecule has 2 heterocycles. The van der Waals surface area contributed by atoms with Crippen molar-refractivity contribution in [3.05, 3.63) is 28.6 Å². The number of nitro groups is 1. The van der Waals surface area contributed by atoms with E-state index in [4.69, 9.17) is 9.15 Å². The molecule has 17 heavy (non-hydrogen) atoms. The van der Waals surface area contributed by atoms with Gasteiger partial charge >= 0.3 is 5.88 Å². The van der Waals surface area contributed by atoms with Gasteiger partial charge in [-0.3, -0.25) is 10.1 Å². The largest absolute Gasteiger partial charge is 0.433 e. The van der Waals surface area contributed by atoms with Crippen molar-refractivity contribution in [2.75, 3.05) is 13.7 Å². The molecule has 0 N–H and O–H groups in total. The van der Waals surface area contributed by atoms with E-state index < -0.39 is 4.92 Å². The molecule has 0 saturated heterocycles. The SMILES string of the molecule is COCCn1cnnc1-c1ccc([N+](=O)[O-])o1. The van der Waals surface area contributed by atoms with E-state index in [0.717, 1.165) is 0 Å². The van der Waals surface area contributed by atoms with Gasteiger partial charge in [0.1, 0.15) is 11.3 Å². The van der Waals surface area contributed by atoms with Crippen molar-refractivity contribution < 1.29 is 14.1 Å². The monoisotopic (exact) mass is 238 g/mol. The summed E-state index contributed by atoms with van der Waals surface area (Å²) in [5.41, 5.74) is 0. The summed E-state index contributed by atoms with van der Waals surface area (Å²) in [4.78, 5) is 9.89. The molecule has 2 aromatic heterocycles. The van der Waals surface area contributed by atoms with Crippen LogP contribution < -0.4 is 0 Å². The lowest BCUT2D eigenvalue weighted by molar-refractivity contribution is -0.401. The maximum atomic E-state index is 10.5. The smallest absolute Gasteiger partial charge is 0.397 e. The third-order valence-corrected chi connectivity index (χ3v) is 2.14. The van der Waals surface area contributed by atoms with Crippen LogP contribution in [0.2, 0.25) is 0 Å². The molecule has 0 amide bonds. The van der Waals surface area contributed by atoms with E-state index in [9.17, 15) is 10.1 Å². The van der Waals surface area contributed by atoms with Crippen LogP contribution in [0.15, 0.2) is 22.9 Å². The number of nitrogens with zero attached hydrogens (tertiary/aromatic N) is 4. The van der Waals surface area contributed by atoms with E-state index in [-0.39, 0.29) is 5.88 Å². The van der Waals surface area contributed by atoms with Gasteiger partial charge in [-0.1, -0.05) is 0 Å². The van der Waals surface area contributed by atoms with Crippen LogP contribution in [0.25, 0.3) is 11.6 Å². The fraction of sp³-hybridized carbons (Fsp3) is 0.333. The highest BCUT2D eigenvalue weighted by Gasteiger charge is 2.16. The molecule has 0 aliphatic rings. The Balaban J connectivity index is 2.26. The zero-order valence-corrected chi connectivity index (χ0v) is 9.07. The van der Waals surface area contributed by atoms with E-state index in [0.29, 0.717) is 24.7 Å². The fourth-order valence-electron chi connectivity index (χ4n) is 1.35. The summed E-state index contributed by atoms with van der Waals surface area (Å²) in [5.74, 6) is 0.432. The highest BCUT2D eigenvalue weighted by atomic mass is 16.6. The number of hydrogen-bond acceptors (Lipinski definition) is 6. The Labute approximate surface area is 96.0 Å². The van der Waals surface area contributed by atoms with Gasteiger partial charge < -0.3 is 13.7 Å². The second-order valence-electron chi connectivity index (χ2n) is 3.24. The molecule has 0 spiro atoms. The molecular weight excluding hydrogens is 228 g/mol. The Morgan fingerprint density at radius 2 is 2.41 bits per heavy atom. The van der Waals surface area contributed by atoms with Crippen LogP contribution in [0, 0.1) is 10.1 Å². The Morgan fingerprint density at radius 1 is 1.59 bits per heavy atom. The maximum absolute atomic E-state index is 10.5. The van der Waals surface area contributed by atoms with Crippen LogP contribution >= 0.6 is 0 Å². The molecule has 90 valence electrons. The average molecular weight is 238 g/mol. The molecule has 0 fully saturated rings. The summed E-state index contributed by atoms with van der Waals surface area (Å²) in [6.45, 7) is 1.04. The zero-order valence-electron chi connectivity index (χ0n) is 9.07. The van der Waals surface area contributed by atoms with Crippen LogP contribution in [-0.2, 0) is 11.3 Å². The number of aromatic nitrogens is 3. The van der Waals surface area contributed by atoms with Gasteiger partial charge in [-0.2, -0.15) is 0 Å². The minimum Gasteiger partial charge on any atom is -0.397 e. The molecule has 0 saturated carbocycles. The third kappa shape index (κ3) is 2.31. The number of furan rings is 1. The van der Waals surface area contributed by atoms with Gasteiger partial charge in [-0.25, -0.2) is 0 Å². The molecule has 0 atom stereocenters. The van der Waals surface area contributed by atoms with Crippen LogP contribution in [0.5, 0.6) is 0 Å². The Bertz CT molecular complexity index is 519. The molecule has 0 aromatic carbocycles. The highest BCUT2D eigenvalue weighted by Crippen LogP contribution is 2.24. The molecule has 0 aliphatic carbocycles. The topological polar surface area (TPSA) is 96.2 Å². The first kappa shape index (κ1) is 11.3. The first-order valence-electron chi connectivity index (χ1n) is 4.83. The summed E-state index contributed by atoms with van der Waals surface area (Å²) in [6.07, 6.45) is 1.52. The Morgan fingerprint density at radius 3 is 3.06 bits per heavy atom. The lowest BCUT2D eigenvalue weighted by atomic mass is 10.4. The number of rotatable bonds is 5. The summed E-state index contributed by atoms with van der Waals surface area (Å²) in [6, 6.07) is 2.77. The van der Waals surface area contributed by atoms with Crippen molar-refractivity contribution in [1.82, 2.24) is 14.8 Å². The minimum absolute atomic E-state index is 0.310. The number of ether oxygens (including phenoxy) is 1. The van der Waals surface area contributed by atoms with E-state index in [1.54, 1.807) is 11.7 Å². The van der Waals surface area contributed by atoms with Gasteiger partial charge in [-0.05, 0) is 6.07 Å². The van der Waals surface area contributed by atoms with Crippen molar-refractivity contribution >= 4 is 5.88 Å². The summed E-state index contributed by atoms with van der Waals surface area (Å²) in [7, 11) is 1.59. The van der Waals surface area contributed by atoms with Crippen molar-refractivity contribution in [2.24, 2.45) is 0 Å². The molecule has 0 unspecified atom stereocenters. The van der Waals surface area contributed by atoms with Gasteiger partial charge in [-0.15, -0.1) is 10.2 Å². The van der Waals surface area contributed by atoms with Gasteiger partial charge in [0.05, 0.1) is 12.7 Å². The van der Waals surface area contributed by atoms with Crippen molar-refractivity contribution in [1.29, 1.82) is 0 Å². The number of methoxy groups -OCH3 is 1. The van der Waals surface area contributed by atoms with E-state index in [1.807, 2.05) is 0 Å². The molecule has 2 rings (SSSR count). The lowest BCUT2D eigenvalue weighted by Crippen LogP contribution is -2.04. The molecule has 8 heteroatoms. The Hall–Kier alpha value is -2.22. The molecule has 0 aliphatic heterocycles. The predicted octanol–water partition coefficient (Wildman–Crippen LogP) is 1.09. The van der Waals surface area contributed by atoms with E-state index in [2.05, 4.69) is 10.2 Å². The second kappa shape index (κ2) is 4.74. The van der Waals surface area contributed by atoms with Gasteiger partial charge in [0, 0.05) is 13.7 Å². The first-order valence-corrected chi connectivity index (χ1v) is 4.83. The van der Waals surface area contributed by atoms with Crippen LogP contribution in [-0.4, -0.2) is 33.4 Å². The molecule has 0 bridgehead atoms. The van der Waals surface area contributed by atoms with Crippen molar-refractivity contribution in [3.8, 4) is 11.6 Å². The first-order chi connectivity index (χ1) is 8.22. The molecular formula is C9H10N4O4. The van der Waals surface area contributed by atoms with Gasteiger partial charge in [0.2, 0.25) is 0 Å². The lowest BCUT2D eigenvalue weighted by Gasteiger charge is -2.02. The van der Waals surface area contributed by atoms with E-state index in [1.165, 1.54) is 18.5 Å². The van der Waals surface area contributed by atoms with Crippen LogP contribution in [0.3, 0.4) is 0 Å². The summed E-state index contributed by atoms with van der Waals surface area (Å²) >= 11 is 0. The highest BCUT2D eigenvalue weighted by molar-refractivity contribution is 5.48. The normalized spacial score (nSPS) is 10.6. The van der Waals surface area contributed by atoms with Crippen molar-refractivity contribution in [2.45, 2.75) is 6.54 Å². The third-order valence-electron chi connectivity index (χ3n) is 2.14. The molecule has 0 radical (unpaired) electrons. The van der Waals surface area contributed by atoms with Gasteiger partial charge in [0.25, 0.3) is 0 Å². The molecule has 8 nitrogen and oxygen atoms in total.